The highest BCUT2D eigenvalue weighted by atomic mass is 16.2. The molecule has 1 aliphatic heterocycles. The highest BCUT2D eigenvalue weighted by Crippen LogP contribution is 2.64. The summed E-state index contributed by atoms with van der Waals surface area (Å²) < 4.78 is 0. The van der Waals surface area contributed by atoms with Gasteiger partial charge < -0.3 is 10.6 Å². The number of carbonyl (C=O) groups excluding carboxylic acids is 2. The Kier molecular flexibility index (Phi) is 7.36. The van der Waals surface area contributed by atoms with Crippen LogP contribution in [0.3, 0.4) is 0 Å². The molecule has 0 aromatic rings. The van der Waals surface area contributed by atoms with E-state index in [4.69, 9.17) is 0 Å². The monoisotopic (exact) mass is 442 g/mol. The maximum Gasteiger partial charge on any atom is 0.248 e. The van der Waals surface area contributed by atoms with Crippen LogP contribution in [0.5, 0.6) is 0 Å². The fourth-order valence-electron chi connectivity index (χ4n) is 8.14. The first-order valence-corrected chi connectivity index (χ1v) is 13.7. The van der Waals surface area contributed by atoms with Crippen molar-refractivity contribution in [2.45, 2.75) is 117 Å². The third kappa shape index (κ3) is 4.40. The molecule has 2 N–H and O–H groups in total. The predicted octanol–water partition coefficient (Wildman–Crippen LogP) is 5.91. The molecule has 3 fully saturated rings. The van der Waals surface area contributed by atoms with E-state index in [9.17, 15) is 9.59 Å². The molecule has 0 saturated heterocycles. The van der Waals surface area contributed by atoms with Gasteiger partial charge in [0.2, 0.25) is 11.8 Å². The summed E-state index contributed by atoms with van der Waals surface area (Å²) in [5.41, 5.74) is 1.04. The van der Waals surface area contributed by atoms with Crippen molar-refractivity contribution in [2.75, 3.05) is 6.54 Å². The molecule has 4 heteroatoms. The molecule has 6 atom stereocenters. The molecule has 3 aliphatic carbocycles. The average Bonchev–Trinajstić information content (AvgIpc) is 3.17. The topological polar surface area (TPSA) is 58.2 Å². The number of hydrogen-bond acceptors (Lipinski definition) is 2. The van der Waals surface area contributed by atoms with Gasteiger partial charge in [-0.05, 0) is 68.1 Å². The quantitative estimate of drug-likeness (QED) is 0.436. The minimum Gasteiger partial charge on any atom is -0.352 e. The molecule has 0 aromatic heterocycles. The predicted molar refractivity (Wildman–Crippen MR) is 130 cm³/mol. The van der Waals surface area contributed by atoms with Crippen molar-refractivity contribution >= 4 is 11.8 Å². The second kappa shape index (κ2) is 9.89. The zero-order chi connectivity index (χ0) is 22.8. The van der Waals surface area contributed by atoms with Gasteiger partial charge in [-0.1, -0.05) is 65.7 Å². The summed E-state index contributed by atoms with van der Waals surface area (Å²) in [5, 5.41) is 6.45. The lowest BCUT2D eigenvalue weighted by Gasteiger charge is -2.59. The number of carbonyl (C=O) groups is 2. The molecule has 4 nitrogen and oxygen atoms in total. The molecular formula is C28H46N2O2. The number of fused-ring (bicyclic) bond motifs is 5. The van der Waals surface area contributed by atoms with Crippen LogP contribution in [0.2, 0.25) is 0 Å². The number of unbranched alkanes of at least 4 members (excludes halogenated alkanes) is 6. The summed E-state index contributed by atoms with van der Waals surface area (Å²) >= 11 is 0. The van der Waals surface area contributed by atoms with Crippen molar-refractivity contribution in [1.82, 2.24) is 10.6 Å². The van der Waals surface area contributed by atoms with Gasteiger partial charge in [0, 0.05) is 29.7 Å². The zero-order valence-electron chi connectivity index (χ0n) is 20.8. The fraction of sp³-hybridized carbons (Fsp3) is 0.857. The summed E-state index contributed by atoms with van der Waals surface area (Å²) in [5.74, 6) is 1.95. The van der Waals surface area contributed by atoms with E-state index >= 15 is 0 Å². The van der Waals surface area contributed by atoms with Crippen molar-refractivity contribution in [3.8, 4) is 0 Å². The molecule has 0 spiro atoms. The molecule has 0 bridgehead atoms. The van der Waals surface area contributed by atoms with Gasteiger partial charge in [-0.2, -0.15) is 0 Å². The second-order valence-corrected chi connectivity index (χ2v) is 11.8. The lowest BCUT2D eigenvalue weighted by atomic mass is 9.47. The standard InChI is InChI=1S/C28H46N2O2/c1-4-5-6-7-8-9-10-18-29-26(32)23-19-25(31)30-24-14-13-20-21-12-11-16-27(21,2)17-15-22(20)28(23,24)3/h19-22,24H,4-18H2,1-3H3,(H,29,32)(H,30,31)/t20-,21-,22-,24+,27-,28-/m0/s1. The molecule has 0 unspecified atom stereocenters. The van der Waals surface area contributed by atoms with E-state index in [1.807, 2.05) is 0 Å². The normalized spacial score (nSPS) is 38.2. The van der Waals surface area contributed by atoms with E-state index in [1.54, 1.807) is 6.08 Å². The number of nitrogens with one attached hydrogen (secondary N) is 2. The fourth-order valence-corrected chi connectivity index (χ4v) is 8.14. The van der Waals surface area contributed by atoms with Crippen molar-refractivity contribution in [2.24, 2.45) is 28.6 Å². The molecule has 0 aromatic carbocycles. The van der Waals surface area contributed by atoms with Crippen LogP contribution in [0.1, 0.15) is 111 Å². The Morgan fingerprint density at radius 3 is 2.53 bits per heavy atom. The Hall–Kier alpha value is -1.32. The van der Waals surface area contributed by atoms with Crippen LogP contribution in [0, 0.1) is 28.6 Å². The van der Waals surface area contributed by atoms with Crippen molar-refractivity contribution < 1.29 is 9.59 Å². The maximum atomic E-state index is 13.4. The largest absolute Gasteiger partial charge is 0.352 e. The van der Waals surface area contributed by atoms with Crippen LogP contribution < -0.4 is 10.6 Å². The zero-order valence-corrected chi connectivity index (χ0v) is 20.8. The summed E-state index contributed by atoms with van der Waals surface area (Å²) in [6.07, 6.45) is 19.1. The molecule has 2 amide bonds. The molecule has 4 aliphatic rings. The van der Waals surface area contributed by atoms with E-state index in [1.165, 1.54) is 77.0 Å². The number of hydrogen-bond donors (Lipinski definition) is 2. The first-order valence-electron chi connectivity index (χ1n) is 13.7. The molecule has 1 heterocycles. The minimum absolute atomic E-state index is 0.0127. The first kappa shape index (κ1) is 23.8. The van der Waals surface area contributed by atoms with E-state index in [0.29, 0.717) is 17.3 Å². The molecule has 4 rings (SSSR count). The van der Waals surface area contributed by atoms with Gasteiger partial charge in [0.05, 0.1) is 0 Å². The SMILES string of the molecule is CCCCCCCCCNC(=O)C1=CC(=O)N[C@@H]2CC[C@H]3[C@@H]4CCC[C@@]4(C)CC[C@@H]3[C@@]12C. The Labute approximate surface area is 195 Å². The van der Waals surface area contributed by atoms with E-state index < -0.39 is 0 Å². The van der Waals surface area contributed by atoms with Gasteiger partial charge in [-0.15, -0.1) is 0 Å². The van der Waals surface area contributed by atoms with Crippen LogP contribution >= 0.6 is 0 Å². The lowest BCUT2D eigenvalue weighted by Crippen LogP contribution is -2.62. The van der Waals surface area contributed by atoms with Gasteiger partial charge in [-0.3, -0.25) is 9.59 Å². The van der Waals surface area contributed by atoms with Crippen LogP contribution in [-0.2, 0) is 9.59 Å². The van der Waals surface area contributed by atoms with Gasteiger partial charge in [0.25, 0.3) is 0 Å². The highest BCUT2D eigenvalue weighted by molar-refractivity contribution is 6.03. The summed E-state index contributed by atoms with van der Waals surface area (Å²) in [7, 11) is 0. The van der Waals surface area contributed by atoms with Crippen LogP contribution in [0.4, 0.5) is 0 Å². The van der Waals surface area contributed by atoms with Crippen molar-refractivity contribution in [1.29, 1.82) is 0 Å². The Balaban J connectivity index is 1.41. The molecule has 0 radical (unpaired) electrons. The molecule has 180 valence electrons. The average molecular weight is 443 g/mol. The van der Waals surface area contributed by atoms with Crippen LogP contribution in [0.15, 0.2) is 11.6 Å². The smallest absolute Gasteiger partial charge is 0.248 e. The van der Waals surface area contributed by atoms with E-state index in [0.717, 1.165) is 30.9 Å². The van der Waals surface area contributed by atoms with Crippen molar-refractivity contribution in [3.05, 3.63) is 11.6 Å². The van der Waals surface area contributed by atoms with Gasteiger partial charge in [0.15, 0.2) is 0 Å². The third-order valence-electron chi connectivity index (χ3n) is 9.98. The Bertz CT molecular complexity index is 731. The third-order valence-corrected chi connectivity index (χ3v) is 9.98. The molecular weight excluding hydrogens is 396 g/mol. The van der Waals surface area contributed by atoms with Crippen molar-refractivity contribution in [3.63, 3.8) is 0 Å². The second-order valence-electron chi connectivity index (χ2n) is 11.8. The Morgan fingerprint density at radius 2 is 1.75 bits per heavy atom. The summed E-state index contributed by atoms with van der Waals surface area (Å²) in [6, 6.07) is 0.103. The van der Waals surface area contributed by atoms with Gasteiger partial charge in [0.1, 0.15) is 0 Å². The number of amides is 2. The van der Waals surface area contributed by atoms with Crippen LogP contribution in [-0.4, -0.2) is 24.4 Å². The molecule has 32 heavy (non-hydrogen) atoms. The van der Waals surface area contributed by atoms with E-state index in [2.05, 4.69) is 31.4 Å². The minimum atomic E-state index is -0.231. The number of rotatable bonds is 9. The van der Waals surface area contributed by atoms with E-state index in [-0.39, 0.29) is 23.3 Å². The van der Waals surface area contributed by atoms with Gasteiger partial charge >= 0.3 is 0 Å². The lowest BCUT2D eigenvalue weighted by molar-refractivity contribution is -0.128. The van der Waals surface area contributed by atoms with Crippen LogP contribution in [0.25, 0.3) is 0 Å². The Morgan fingerprint density at radius 1 is 1.00 bits per heavy atom. The highest BCUT2D eigenvalue weighted by Gasteiger charge is 2.60. The molecule has 3 saturated carbocycles. The first-order chi connectivity index (χ1) is 15.4. The summed E-state index contributed by atoms with van der Waals surface area (Å²) in [4.78, 5) is 25.9. The summed E-state index contributed by atoms with van der Waals surface area (Å²) in [6.45, 7) is 7.78. The van der Waals surface area contributed by atoms with Gasteiger partial charge in [-0.25, -0.2) is 0 Å². The maximum absolute atomic E-state index is 13.4.